The SMILES string of the molecule is Cc1nc(Cc2ccc(F)cc2)sc1C(=O)NCc1ccnc(-n2ccnc2C)c1. The van der Waals surface area contributed by atoms with Gasteiger partial charge in [0.1, 0.15) is 22.3 Å². The van der Waals surface area contributed by atoms with Crippen molar-refractivity contribution < 1.29 is 9.18 Å². The van der Waals surface area contributed by atoms with Gasteiger partial charge >= 0.3 is 0 Å². The fourth-order valence-corrected chi connectivity index (χ4v) is 4.12. The quantitative estimate of drug-likeness (QED) is 0.511. The van der Waals surface area contributed by atoms with Gasteiger partial charge in [-0.15, -0.1) is 11.3 Å². The zero-order valence-electron chi connectivity index (χ0n) is 16.6. The van der Waals surface area contributed by atoms with Gasteiger partial charge in [0, 0.05) is 31.6 Å². The highest BCUT2D eigenvalue weighted by atomic mass is 32.1. The summed E-state index contributed by atoms with van der Waals surface area (Å²) in [6, 6.07) is 10.1. The molecular weight excluding hydrogens is 401 g/mol. The lowest BCUT2D eigenvalue weighted by atomic mass is 10.1. The molecular formula is C22H20FN5OS. The summed E-state index contributed by atoms with van der Waals surface area (Å²) < 4.78 is 15.0. The third-order valence-electron chi connectivity index (χ3n) is 4.65. The smallest absolute Gasteiger partial charge is 0.263 e. The van der Waals surface area contributed by atoms with E-state index in [4.69, 9.17) is 0 Å². The van der Waals surface area contributed by atoms with Gasteiger partial charge in [-0.2, -0.15) is 0 Å². The Balaban J connectivity index is 1.43. The van der Waals surface area contributed by atoms with Crippen molar-refractivity contribution in [3.8, 4) is 5.82 Å². The van der Waals surface area contributed by atoms with E-state index in [2.05, 4.69) is 20.3 Å². The molecule has 4 rings (SSSR count). The molecule has 1 amide bonds. The topological polar surface area (TPSA) is 72.7 Å². The van der Waals surface area contributed by atoms with Crippen LogP contribution in [-0.2, 0) is 13.0 Å². The molecule has 0 fully saturated rings. The van der Waals surface area contributed by atoms with E-state index >= 15 is 0 Å². The molecule has 0 unspecified atom stereocenters. The minimum absolute atomic E-state index is 0.160. The third-order valence-corrected chi connectivity index (χ3v) is 5.81. The van der Waals surface area contributed by atoms with Crippen LogP contribution in [0.2, 0.25) is 0 Å². The Morgan fingerprint density at radius 3 is 2.63 bits per heavy atom. The second-order valence-electron chi connectivity index (χ2n) is 6.87. The molecule has 1 N–H and O–H groups in total. The fraction of sp³-hybridized carbons (Fsp3) is 0.182. The van der Waals surface area contributed by atoms with Crippen LogP contribution < -0.4 is 5.32 Å². The molecule has 0 saturated heterocycles. The van der Waals surface area contributed by atoms with Crippen LogP contribution >= 0.6 is 11.3 Å². The van der Waals surface area contributed by atoms with Crippen LogP contribution in [0.25, 0.3) is 5.82 Å². The Bertz CT molecular complexity index is 1180. The lowest BCUT2D eigenvalue weighted by Crippen LogP contribution is -2.22. The van der Waals surface area contributed by atoms with Gasteiger partial charge in [0.2, 0.25) is 0 Å². The van der Waals surface area contributed by atoms with E-state index in [9.17, 15) is 9.18 Å². The molecule has 6 nitrogen and oxygen atoms in total. The van der Waals surface area contributed by atoms with Gasteiger partial charge in [0.15, 0.2) is 0 Å². The van der Waals surface area contributed by atoms with E-state index in [0.717, 1.165) is 27.8 Å². The highest BCUT2D eigenvalue weighted by Gasteiger charge is 2.15. The molecule has 4 aromatic rings. The number of rotatable bonds is 6. The number of hydrogen-bond acceptors (Lipinski definition) is 5. The maximum absolute atomic E-state index is 13.1. The second-order valence-corrected chi connectivity index (χ2v) is 7.96. The normalized spacial score (nSPS) is 10.9. The number of halogens is 1. The molecule has 0 aliphatic carbocycles. The Morgan fingerprint density at radius 1 is 1.10 bits per heavy atom. The van der Waals surface area contributed by atoms with E-state index < -0.39 is 0 Å². The molecule has 8 heteroatoms. The van der Waals surface area contributed by atoms with Gasteiger partial charge < -0.3 is 5.32 Å². The van der Waals surface area contributed by atoms with E-state index in [0.29, 0.717) is 23.5 Å². The number of aromatic nitrogens is 4. The third kappa shape index (κ3) is 4.44. The van der Waals surface area contributed by atoms with E-state index in [1.807, 2.05) is 36.7 Å². The van der Waals surface area contributed by atoms with Crippen LogP contribution in [0, 0.1) is 19.7 Å². The highest BCUT2D eigenvalue weighted by molar-refractivity contribution is 7.13. The molecule has 0 bridgehead atoms. The van der Waals surface area contributed by atoms with Gasteiger partial charge in [-0.05, 0) is 49.2 Å². The first-order chi connectivity index (χ1) is 14.5. The number of pyridine rings is 1. The number of carbonyl (C=O) groups is 1. The molecule has 0 radical (unpaired) electrons. The Labute approximate surface area is 177 Å². The molecule has 0 atom stereocenters. The van der Waals surface area contributed by atoms with Crippen molar-refractivity contribution in [1.82, 2.24) is 24.8 Å². The van der Waals surface area contributed by atoms with Gasteiger partial charge in [-0.1, -0.05) is 12.1 Å². The molecule has 0 spiro atoms. The summed E-state index contributed by atoms with van der Waals surface area (Å²) >= 11 is 1.36. The number of amides is 1. The van der Waals surface area contributed by atoms with Crippen molar-refractivity contribution in [3.63, 3.8) is 0 Å². The first-order valence-electron chi connectivity index (χ1n) is 9.44. The Hall–Kier alpha value is -3.39. The zero-order valence-corrected chi connectivity index (χ0v) is 17.4. The maximum Gasteiger partial charge on any atom is 0.263 e. The Kier molecular flexibility index (Phi) is 5.67. The van der Waals surface area contributed by atoms with Crippen LogP contribution in [0.3, 0.4) is 0 Å². The van der Waals surface area contributed by atoms with Crippen molar-refractivity contribution in [3.05, 3.63) is 93.3 Å². The van der Waals surface area contributed by atoms with Crippen molar-refractivity contribution in [2.24, 2.45) is 0 Å². The summed E-state index contributed by atoms with van der Waals surface area (Å²) in [6.45, 7) is 4.12. The molecule has 1 aromatic carbocycles. The van der Waals surface area contributed by atoms with Gasteiger partial charge in [0.25, 0.3) is 5.91 Å². The van der Waals surface area contributed by atoms with Crippen LogP contribution in [0.4, 0.5) is 4.39 Å². The average molecular weight is 422 g/mol. The number of nitrogens with one attached hydrogen (secondary N) is 1. The van der Waals surface area contributed by atoms with Crippen LogP contribution in [0.1, 0.15) is 37.3 Å². The summed E-state index contributed by atoms with van der Waals surface area (Å²) in [4.78, 5) is 26.4. The van der Waals surface area contributed by atoms with Gasteiger partial charge in [-0.3, -0.25) is 9.36 Å². The lowest BCUT2D eigenvalue weighted by molar-refractivity contribution is 0.0954. The molecule has 3 aromatic heterocycles. The molecule has 30 heavy (non-hydrogen) atoms. The molecule has 0 saturated carbocycles. The number of benzene rings is 1. The van der Waals surface area contributed by atoms with Crippen LogP contribution in [0.15, 0.2) is 55.0 Å². The van der Waals surface area contributed by atoms with E-state index in [1.165, 1.54) is 23.5 Å². The number of thiazole rings is 1. The standard InChI is InChI=1S/C22H20FN5OS/c1-14-21(30-20(27-14)12-16-3-5-18(23)6-4-16)22(29)26-13-17-7-8-25-19(11-17)28-10-9-24-15(28)2/h3-11H,12-13H2,1-2H3,(H,26,29). The minimum atomic E-state index is -0.267. The zero-order chi connectivity index (χ0) is 21.1. The number of carbonyl (C=O) groups excluding carboxylic acids is 1. The summed E-state index contributed by atoms with van der Waals surface area (Å²) in [5.74, 6) is 1.18. The van der Waals surface area contributed by atoms with Crippen molar-refractivity contribution in [2.45, 2.75) is 26.8 Å². The highest BCUT2D eigenvalue weighted by Crippen LogP contribution is 2.21. The molecule has 0 aliphatic heterocycles. The predicted molar refractivity (Wildman–Crippen MR) is 113 cm³/mol. The first kappa shape index (κ1) is 19.9. The lowest BCUT2D eigenvalue weighted by Gasteiger charge is -2.08. The van der Waals surface area contributed by atoms with Crippen molar-refractivity contribution in [1.29, 1.82) is 0 Å². The number of imidazole rings is 1. The summed E-state index contributed by atoms with van der Waals surface area (Å²) in [7, 11) is 0. The fourth-order valence-electron chi connectivity index (χ4n) is 3.10. The van der Waals surface area contributed by atoms with Crippen molar-refractivity contribution in [2.75, 3.05) is 0 Å². The van der Waals surface area contributed by atoms with Gasteiger partial charge in [0.05, 0.1) is 10.7 Å². The summed E-state index contributed by atoms with van der Waals surface area (Å²) in [5, 5.41) is 3.78. The maximum atomic E-state index is 13.1. The van der Waals surface area contributed by atoms with E-state index in [1.54, 1.807) is 24.5 Å². The van der Waals surface area contributed by atoms with E-state index in [-0.39, 0.29) is 11.7 Å². The summed E-state index contributed by atoms with van der Waals surface area (Å²) in [5.41, 5.74) is 2.59. The van der Waals surface area contributed by atoms with Crippen LogP contribution in [0.5, 0.6) is 0 Å². The molecule has 0 aliphatic rings. The van der Waals surface area contributed by atoms with Crippen LogP contribution in [-0.4, -0.2) is 25.4 Å². The number of nitrogens with zero attached hydrogens (tertiary/aromatic N) is 4. The molecule has 152 valence electrons. The predicted octanol–water partition coefficient (Wildman–Crippen LogP) is 4.00. The molecule has 3 heterocycles. The minimum Gasteiger partial charge on any atom is -0.347 e. The number of aryl methyl sites for hydroxylation is 2. The largest absolute Gasteiger partial charge is 0.347 e. The number of hydrogen-bond donors (Lipinski definition) is 1. The van der Waals surface area contributed by atoms with Gasteiger partial charge in [-0.25, -0.2) is 19.3 Å². The first-order valence-corrected chi connectivity index (χ1v) is 10.3. The average Bonchev–Trinajstić information content (AvgIpc) is 3.33. The van der Waals surface area contributed by atoms with Crippen molar-refractivity contribution >= 4 is 17.2 Å². The Morgan fingerprint density at radius 2 is 1.90 bits per heavy atom. The monoisotopic (exact) mass is 421 g/mol. The second kappa shape index (κ2) is 8.54. The summed E-state index contributed by atoms with van der Waals surface area (Å²) in [6.07, 6.45) is 5.86.